The number of hydrogen-bond acceptors (Lipinski definition) is 3. The highest BCUT2D eigenvalue weighted by Crippen LogP contribution is 2.40. The summed E-state index contributed by atoms with van der Waals surface area (Å²) in [5.74, 6) is -1.31. The number of nitrogens with two attached hydrogens (primary N) is 1. The number of halogens is 1. The first-order chi connectivity index (χ1) is 13.8. The summed E-state index contributed by atoms with van der Waals surface area (Å²) in [4.78, 5) is 27.4. The third kappa shape index (κ3) is 2.87. The maximum atomic E-state index is 15.4. The zero-order valence-corrected chi connectivity index (χ0v) is 16.4. The number of aromatic nitrogens is 1. The number of carbonyl (C=O) groups is 2. The summed E-state index contributed by atoms with van der Waals surface area (Å²) >= 11 is 0. The summed E-state index contributed by atoms with van der Waals surface area (Å²) in [5, 5.41) is 3.86. The molecule has 0 aliphatic carbocycles. The van der Waals surface area contributed by atoms with Crippen LogP contribution in [0.3, 0.4) is 0 Å². The number of aryl methyl sites for hydroxylation is 2. The molecule has 3 aromatic rings. The van der Waals surface area contributed by atoms with E-state index < -0.39 is 17.8 Å². The fourth-order valence-electron chi connectivity index (χ4n) is 4.29. The summed E-state index contributed by atoms with van der Waals surface area (Å²) in [6, 6.07) is 6.28. The summed E-state index contributed by atoms with van der Waals surface area (Å²) < 4.78 is 15.4. The number of amides is 1. The highest BCUT2D eigenvalue weighted by Gasteiger charge is 2.28. The summed E-state index contributed by atoms with van der Waals surface area (Å²) in [6.07, 6.45) is 1.97. The van der Waals surface area contributed by atoms with Gasteiger partial charge in [-0.25, -0.2) is 4.39 Å². The fourth-order valence-corrected chi connectivity index (χ4v) is 4.29. The van der Waals surface area contributed by atoms with E-state index in [9.17, 15) is 9.59 Å². The second kappa shape index (κ2) is 6.97. The lowest BCUT2D eigenvalue weighted by atomic mass is 9.84. The molecule has 1 aliphatic heterocycles. The van der Waals surface area contributed by atoms with Crippen molar-refractivity contribution in [2.24, 2.45) is 5.73 Å². The largest absolute Gasteiger partial charge is 0.366 e. The molecule has 2 aromatic carbocycles. The minimum atomic E-state index is -0.683. The Kier molecular flexibility index (Phi) is 4.59. The third-order valence-corrected chi connectivity index (χ3v) is 5.80. The van der Waals surface area contributed by atoms with Crippen molar-refractivity contribution in [1.29, 1.82) is 0 Å². The SMILES string of the molecule is C=CC(=O)C1NCCc2c(-c3c(F)cc(C(N)=O)c4[nH]c(C)c(C)c34)cccc21. The summed E-state index contributed by atoms with van der Waals surface area (Å²) in [6.45, 7) is 7.96. The van der Waals surface area contributed by atoms with Gasteiger partial charge in [0.15, 0.2) is 5.78 Å². The van der Waals surface area contributed by atoms with Gasteiger partial charge < -0.3 is 16.0 Å². The van der Waals surface area contributed by atoms with Gasteiger partial charge in [-0.3, -0.25) is 9.59 Å². The molecule has 1 aliphatic rings. The number of fused-ring (bicyclic) bond motifs is 2. The number of rotatable bonds is 4. The third-order valence-electron chi connectivity index (χ3n) is 5.80. The summed E-state index contributed by atoms with van der Waals surface area (Å²) in [7, 11) is 0. The number of ketones is 1. The predicted octanol–water partition coefficient (Wildman–Crippen LogP) is 3.63. The maximum absolute atomic E-state index is 15.4. The van der Waals surface area contributed by atoms with Gasteiger partial charge in [-0.1, -0.05) is 24.8 Å². The van der Waals surface area contributed by atoms with E-state index in [0.717, 1.165) is 27.9 Å². The smallest absolute Gasteiger partial charge is 0.250 e. The lowest BCUT2D eigenvalue weighted by Crippen LogP contribution is -2.34. The number of H-pyrrole nitrogens is 1. The molecule has 4 rings (SSSR count). The second-order valence-corrected chi connectivity index (χ2v) is 7.39. The van der Waals surface area contributed by atoms with Gasteiger partial charge in [0, 0.05) is 23.2 Å². The van der Waals surface area contributed by atoms with Crippen LogP contribution >= 0.6 is 0 Å². The minimum Gasteiger partial charge on any atom is -0.366 e. The van der Waals surface area contributed by atoms with E-state index >= 15 is 4.39 Å². The number of primary amides is 1. The molecule has 1 unspecified atom stereocenters. The van der Waals surface area contributed by atoms with Crippen molar-refractivity contribution in [3.05, 3.63) is 70.7 Å². The van der Waals surface area contributed by atoms with Crippen molar-refractivity contribution in [2.45, 2.75) is 26.3 Å². The molecule has 1 atom stereocenters. The van der Waals surface area contributed by atoms with Gasteiger partial charge in [-0.2, -0.15) is 0 Å². The maximum Gasteiger partial charge on any atom is 0.250 e. The fraction of sp³-hybridized carbons (Fsp3) is 0.217. The Hall–Kier alpha value is -3.25. The topological polar surface area (TPSA) is 88.0 Å². The van der Waals surface area contributed by atoms with Crippen LogP contribution in [-0.4, -0.2) is 23.2 Å². The average Bonchev–Trinajstić information content (AvgIpc) is 3.00. The van der Waals surface area contributed by atoms with Crippen molar-refractivity contribution in [1.82, 2.24) is 10.3 Å². The molecule has 0 bridgehead atoms. The van der Waals surface area contributed by atoms with E-state index in [1.54, 1.807) is 0 Å². The molecule has 148 valence electrons. The Balaban J connectivity index is 2.06. The van der Waals surface area contributed by atoms with Crippen molar-refractivity contribution in [3.63, 3.8) is 0 Å². The lowest BCUT2D eigenvalue weighted by Gasteiger charge is -2.27. The second-order valence-electron chi connectivity index (χ2n) is 7.39. The molecule has 1 aromatic heterocycles. The van der Waals surface area contributed by atoms with E-state index in [0.29, 0.717) is 29.4 Å². The van der Waals surface area contributed by atoms with Gasteiger partial charge in [-0.15, -0.1) is 0 Å². The zero-order chi connectivity index (χ0) is 20.9. The first-order valence-electron chi connectivity index (χ1n) is 9.48. The predicted molar refractivity (Wildman–Crippen MR) is 111 cm³/mol. The lowest BCUT2D eigenvalue weighted by molar-refractivity contribution is -0.116. The van der Waals surface area contributed by atoms with E-state index in [2.05, 4.69) is 16.9 Å². The van der Waals surface area contributed by atoms with Gasteiger partial charge in [0.25, 0.3) is 5.91 Å². The van der Waals surface area contributed by atoms with Crippen LogP contribution in [0.4, 0.5) is 4.39 Å². The van der Waals surface area contributed by atoms with Crippen LogP contribution in [-0.2, 0) is 11.2 Å². The Morgan fingerprint density at radius 2 is 2.07 bits per heavy atom. The van der Waals surface area contributed by atoms with Crippen LogP contribution in [0, 0.1) is 19.7 Å². The first kappa shape index (κ1) is 19.1. The van der Waals surface area contributed by atoms with E-state index in [4.69, 9.17) is 5.73 Å². The molecule has 1 amide bonds. The molecule has 29 heavy (non-hydrogen) atoms. The van der Waals surface area contributed by atoms with Crippen molar-refractivity contribution in [3.8, 4) is 11.1 Å². The zero-order valence-electron chi connectivity index (χ0n) is 16.4. The summed E-state index contributed by atoms with van der Waals surface area (Å²) in [5.41, 5.74) is 10.8. The van der Waals surface area contributed by atoms with Gasteiger partial charge in [0.05, 0.1) is 17.1 Å². The number of hydrogen-bond donors (Lipinski definition) is 3. The first-order valence-corrected chi connectivity index (χ1v) is 9.48. The molecular weight excluding hydrogens is 369 g/mol. The van der Waals surface area contributed by atoms with Crippen LogP contribution in [0.15, 0.2) is 36.9 Å². The molecule has 4 N–H and O–H groups in total. The van der Waals surface area contributed by atoms with Crippen LogP contribution in [0.1, 0.15) is 38.8 Å². The number of nitrogens with one attached hydrogen (secondary N) is 2. The molecule has 6 heteroatoms. The molecule has 0 spiro atoms. The molecule has 5 nitrogen and oxygen atoms in total. The number of benzene rings is 2. The monoisotopic (exact) mass is 391 g/mol. The van der Waals surface area contributed by atoms with Gasteiger partial charge in [-0.05, 0) is 54.7 Å². The van der Waals surface area contributed by atoms with Crippen LogP contribution < -0.4 is 11.1 Å². The van der Waals surface area contributed by atoms with Crippen LogP contribution in [0.25, 0.3) is 22.0 Å². The van der Waals surface area contributed by atoms with Gasteiger partial charge in [0.1, 0.15) is 5.82 Å². The minimum absolute atomic E-state index is 0.119. The average molecular weight is 391 g/mol. The Morgan fingerprint density at radius 3 is 2.76 bits per heavy atom. The molecule has 0 fully saturated rings. The molecule has 0 saturated carbocycles. The van der Waals surface area contributed by atoms with Crippen molar-refractivity contribution in [2.75, 3.05) is 6.54 Å². The molecule has 0 saturated heterocycles. The molecule has 0 radical (unpaired) electrons. The van der Waals surface area contributed by atoms with Crippen LogP contribution in [0.5, 0.6) is 0 Å². The highest BCUT2D eigenvalue weighted by molar-refractivity contribution is 6.11. The number of aromatic amines is 1. The van der Waals surface area contributed by atoms with Crippen LogP contribution in [0.2, 0.25) is 0 Å². The molecular formula is C23H22FN3O2. The highest BCUT2D eigenvalue weighted by atomic mass is 19.1. The van der Waals surface area contributed by atoms with Gasteiger partial charge >= 0.3 is 0 Å². The molecule has 2 heterocycles. The number of carbonyl (C=O) groups excluding carboxylic acids is 2. The Bertz CT molecular complexity index is 1190. The van der Waals surface area contributed by atoms with Gasteiger partial charge in [0.2, 0.25) is 0 Å². The van der Waals surface area contributed by atoms with Crippen molar-refractivity contribution >= 4 is 22.6 Å². The Labute approximate surface area is 167 Å². The normalized spacial score (nSPS) is 15.9. The van der Waals surface area contributed by atoms with Crippen molar-refractivity contribution < 1.29 is 14.0 Å². The van der Waals surface area contributed by atoms with E-state index in [1.165, 1.54) is 12.1 Å². The van der Waals surface area contributed by atoms with E-state index in [-0.39, 0.29) is 11.3 Å². The van der Waals surface area contributed by atoms with E-state index in [1.807, 2.05) is 32.0 Å². The quantitative estimate of drug-likeness (QED) is 0.594. The standard InChI is InChI=1S/C23H22FN3O2/c1-4-18(28)21-15-7-5-6-14(13(15)8-9-26-21)20-17(24)10-16(23(25)29)22-19(20)11(2)12(3)27-22/h4-7,10,21,26-27H,1,8-9H2,2-3H3,(H2,25,29). The Morgan fingerprint density at radius 1 is 1.31 bits per heavy atom.